The fraction of sp³-hybridized carbons (Fsp3) is 0.588. The molecule has 20 heavy (non-hydrogen) atoms. The molecule has 0 bridgehead atoms. The van der Waals surface area contributed by atoms with E-state index in [9.17, 15) is 9.90 Å². The quantitative estimate of drug-likeness (QED) is 0.890. The van der Waals surface area contributed by atoms with Crippen molar-refractivity contribution >= 4 is 5.91 Å². The number of carbonyl (C=O) groups excluding carboxylic acids is 1. The fourth-order valence-corrected chi connectivity index (χ4v) is 3.82. The molecule has 0 aromatic heterocycles. The van der Waals surface area contributed by atoms with E-state index in [4.69, 9.17) is 0 Å². The number of likely N-dealkylation sites (tertiary alicyclic amines) is 1. The van der Waals surface area contributed by atoms with Crippen LogP contribution in [0.1, 0.15) is 30.4 Å². The minimum atomic E-state index is -0.553. The second kappa shape index (κ2) is 4.32. The predicted molar refractivity (Wildman–Crippen MR) is 76.2 cm³/mol. The first-order valence-electron chi connectivity index (χ1n) is 7.74. The molecule has 106 valence electrons. The molecule has 1 aromatic carbocycles. The molecule has 1 N–H and O–H groups in total. The SMILES string of the molecule is O=C(C1CCc2ccccc2C1)N1CC(O)(C2CC2)C1. The van der Waals surface area contributed by atoms with Gasteiger partial charge in [0.1, 0.15) is 5.60 Å². The maximum Gasteiger partial charge on any atom is 0.226 e. The summed E-state index contributed by atoms with van der Waals surface area (Å²) < 4.78 is 0. The van der Waals surface area contributed by atoms with Crippen molar-refractivity contribution in [3.8, 4) is 0 Å². The van der Waals surface area contributed by atoms with E-state index in [-0.39, 0.29) is 11.8 Å². The Morgan fingerprint density at radius 3 is 2.55 bits per heavy atom. The number of carbonyl (C=O) groups is 1. The van der Waals surface area contributed by atoms with Gasteiger partial charge in [-0.25, -0.2) is 0 Å². The third-order valence-electron chi connectivity index (χ3n) is 5.27. The summed E-state index contributed by atoms with van der Waals surface area (Å²) in [5, 5.41) is 10.3. The number of amides is 1. The summed E-state index contributed by atoms with van der Waals surface area (Å²) in [5.74, 6) is 0.831. The molecule has 2 fully saturated rings. The molecule has 4 rings (SSSR count). The summed E-state index contributed by atoms with van der Waals surface area (Å²) in [5.41, 5.74) is 2.17. The van der Waals surface area contributed by atoms with Crippen molar-refractivity contribution < 1.29 is 9.90 Å². The molecule has 0 spiro atoms. The normalized spacial score (nSPS) is 27.6. The zero-order chi connectivity index (χ0) is 13.7. The van der Waals surface area contributed by atoms with Crippen LogP contribution in [0.5, 0.6) is 0 Å². The number of β-amino-alcohol motifs (C(OH)–C–C–N with tert-alkyl or cyclic N) is 1. The molecule has 1 aromatic rings. The molecular formula is C17H21NO2. The Labute approximate surface area is 119 Å². The van der Waals surface area contributed by atoms with Crippen LogP contribution in [0, 0.1) is 11.8 Å². The van der Waals surface area contributed by atoms with Crippen LogP contribution in [0.4, 0.5) is 0 Å². The Balaban J connectivity index is 1.41. The highest BCUT2D eigenvalue weighted by atomic mass is 16.3. The first-order chi connectivity index (χ1) is 9.66. The number of hydrogen-bond acceptors (Lipinski definition) is 2. The van der Waals surface area contributed by atoms with Gasteiger partial charge in [-0.3, -0.25) is 4.79 Å². The number of nitrogens with zero attached hydrogens (tertiary/aromatic N) is 1. The minimum absolute atomic E-state index is 0.119. The van der Waals surface area contributed by atoms with E-state index in [1.807, 2.05) is 4.90 Å². The first kappa shape index (κ1) is 12.4. The zero-order valence-electron chi connectivity index (χ0n) is 11.7. The van der Waals surface area contributed by atoms with E-state index >= 15 is 0 Å². The monoisotopic (exact) mass is 271 g/mol. The van der Waals surface area contributed by atoms with Crippen molar-refractivity contribution in [2.24, 2.45) is 11.8 Å². The second-order valence-electron chi connectivity index (χ2n) is 6.78. The second-order valence-corrected chi connectivity index (χ2v) is 6.78. The van der Waals surface area contributed by atoms with Crippen LogP contribution in [-0.2, 0) is 17.6 Å². The van der Waals surface area contributed by atoms with Gasteiger partial charge in [-0.15, -0.1) is 0 Å². The predicted octanol–water partition coefficient (Wildman–Crippen LogP) is 1.77. The van der Waals surface area contributed by atoms with E-state index in [2.05, 4.69) is 24.3 Å². The van der Waals surface area contributed by atoms with E-state index in [0.717, 1.165) is 32.1 Å². The number of benzene rings is 1. The molecule has 0 radical (unpaired) electrons. The lowest BCUT2D eigenvalue weighted by Crippen LogP contribution is -2.65. The summed E-state index contributed by atoms with van der Waals surface area (Å²) in [4.78, 5) is 14.4. The number of aryl methyl sites for hydroxylation is 1. The van der Waals surface area contributed by atoms with Crippen molar-refractivity contribution in [2.75, 3.05) is 13.1 Å². The molecule has 1 unspecified atom stereocenters. The van der Waals surface area contributed by atoms with Gasteiger partial charge in [0.2, 0.25) is 5.91 Å². The summed E-state index contributed by atoms with van der Waals surface area (Å²) >= 11 is 0. The van der Waals surface area contributed by atoms with Crippen molar-refractivity contribution in [3.05, 3.63) is 35.4 Å². The smallest absolute Gasteiger partial charge is 0.226 e. The van der Waals surface area contributed by atoms with Crippen LogP contribution >= 0.6 is 0 Å². The maximum absolute atomic E-state index is 12.5. The molecule has 2 aliphatic carbocycles. The van der Waals surface area contributed by atoms with Crippen LogP contribution in [0.2, 0.25) is 0 Å². The molecule has 1 atom stereocenters. The average molecular weight is 271 g/mol. The van der Waals surface area contributed by atoms with Gasteiger partial charge in [0, 0.05) is 5.92 Å². The van der Waals surface area contributed by atoms with E-state index in [0.29, 0.717) is 19.0 Å². The lowest BCUT2D eigenvalue weighted by molar-refractivity contribution is -0.163. The van der Waals surface area contributed by atoms with Crippen molar-refractivity contribution in [1.82, 2.24) is 4.90 Å². The molecule has 3 nitrogen and oxygen atoms in total. The Bertz CT molecular complexity index is 544. The molecule has 1 amide bonds. The lowest BCUT2D eigenvalue weighted by atomic mass is 9.81. The molecule has 1 saturated carbocycles. The van der Waals surface area contributed by atoms with Gasteiger partial charge in [0.05, 0.1) is 13.1 Å². The zero-order valence-corrected chi connectivity index (χ0v) is 11.7. The van der Waals surface area contributed by atoms with Gasteiger partial charge in [-0.2, -0.15) is 0 Å². The first-order valence-corrected chi connectivity index (χ1v) is 7.74. The van der Waals surface area contributed by atoms with Crippen LogP contribution in [0.25, 0.3) is 0 Å². The highest BCUT2D eigenvalue weighted by molar-refractivity contribution is 5.80. The Hall–Kier alpha value is -1.35. The Morgan fingerprint density at radius 2 is 1.85 bits per heavy atom. The number of aliphatic hydroxyl groups is 1. The molecule has 3 aliphatic rings. The van der Waals surface area contributed by atoms with E-state index < -0.39 is 5.60 Å². The minimum Gasteiger partial charge on any atom is -0.386 e. The number of hydrogen-bond donors (Lipinski definition) is 1. The molecule has 1 aliphatic heterocycles. The van der Waals surface area contributed by atoms with Crippen molar-refractivity contribution in [1.29, 1.82) is 0 Å². The molecule has 3 heteroatoms. The standard InChI is InChI=1S/C17H21NO2/c19-16(18-10-17(20,11-18)15-7-8-15)14-6-5-12-3-1-2-4-13(12)9-14/h1-4,14-15,20H,5-11H2. The fourth-order valence-electron chi connectivity index (χ4n) is 3.82. The van der Waals surface area contributed by atoms with Crippen molar-refractivity contribution in [3.63, 3.8) is 0 Å². The average Bonchev–Trinajstić information content (AvgIpc) is 3.27. The third kappa shape index (κ3) is 1.96. The van der Waals surface area contributed by atoms with Gasteiger partial charge >= 0.3 is 0 Å². The van der Waals surface area contributed by atoms with Crippen LogP contribution in [0.15, 0.2) is 24.3 Å². The molecule has 1 heterocycles. The highest BCUT2D eigenvalue weighted by Gasteiger charge is 2.53. The number of fused-ring (bicyclic) bond motifs is 1. The van der Waals surface area contributed by atoms with Crippen LogP contribution < -0.4 is 0 Å². The summed E-state index contributed by atoms with van der Waals surface area (Å²) in [6, 6.07) is 8.45. The van der Waals surface area contributed by atoms with Crippen LogP contribution in [0.3, 0.4) is 0 Å². The number of rotatable bonds is 2. The maximum atomic E-state index is 12.5. The topological polar surface area (TPSA) is 40.5 Å². The highest BCUT2D eigenvalue weighted by Crippen LogP contribution is 2.45. The van der Waals surface area contributed by atoms with Gasteiger partial charge in [0.15, 0.2) is 0 Å². The Morgan fingerprint density at radius 1 is 1.15 bits per heavy atom. The van der Waals surface area contributed by atoms with E-state index in [1.165, 1.54) is 11.1 Å². The van der Waals surface area contributed by atoms with Gasteiger partial charge in [0.25, 0.3) is 0 Å². The Kier molecular flexibility index (Phi) is 2.68. The summed E-state index contributed by atoms with van der Waals surface area (Å²) in [6.07, 6.45) is 5.10. The van der Waals surface area contributed by atoms with E-state index in [1.54, 1.807) is 0 Å². The van der Waals surface area contributed by atoms with Gasteiger partial charge in [-0.1, -0.05) is 24.3 Å². The molecular weight excluding hydrogens is 250 g/mol. The summed E-state index contributed by atoms with van der Waals surface area (Å²) in [6.45, 7) is 1.13. The largest absolute Gasteiger partial charge is 0.386 e. The molecule has 1 saturated heterocycles. The van der Waals surface area contributed by atoms with Crippen molar-refractivity contribution in [2.45, 2.75) is 37.7 Å². The van der Waals surface area contributed by atoms with Gasteiger partial charge in [-0.05, 0) is 49.1 Å². The van der Waals surface area contributed by atoms with Gasteiger partial charge < -0.3 is 10.0 Å². The third-order valence-corrected chi connectivity index (χ3v) is 5.27. The lowest BCUT2D eigenvalue weighted by Gasteiger charge is -2.48. The summed E-state index contributed by atoms with van der Waals surface area (Å²) in [7, 11) is 0. The van der Waals surface area contributed by atoms with Crippen LogP contribution in [-0.4, -0.2) is 34.6 Å².